The largest absolute Gasteiger partial charge is 0.495 e. The van der Waals surface area contributed by atoms with Crippen molar-refractivity contribution in [2.24, 2.45) is 0 Å². The van der Waals surface area contributed by atoms with E-state index in [2.05, 4.69) is 5.32 Å². The third kappa shape index (κ3) is 3.69. The number of benzene rings is 1. The number of carbonyl (C=O) groups excluding carboxylic acids is 2. The lowest BCUT2D eigenvalue weighted by Gasteiger charge is -2.39. The SMILES string of the molecule is CCCNC(=O)N1CCN(c2cc(Cl)ccc2OC)C(=O)C1C. The van der Waals surface area contributed by atoms with Crippen molar-refractivity contribution in [3.63, 3.8) is 0 Å². The Hall–Kier alpha value is -1.95. The van der Waals surface area contributed by atoms with Crippen LogP contribution in [0.15, 0.2) is 18.2 Å². The highest BCUT2D eigenvalue weighted by Crippen LogP contribution is 2.33. The molecule has 126 valence electrons. The predicted octanol–water partition coefficient (Wildman–Crippen LogP) is 2.51. The number of amides is 3. The maximum absolute atomic E-state index is 12.7. The van der Waals surface area contributed by atoms with Crippen molar-refractivity contribution in [1.29, 1.82) is 0 Å². The van der Waals surface area contributed by atoms with Crippen LogP contribution in [-0.4, -0.2) is 49.6 Å². The number of carbonyl (C=O) groups is 2. The molecule has 0 spiro atoms. The van der Waals surface area contributed by atoms with E-state index < -0.39 is 6.04 Å². The van der Waals surface area contributed by atoms with E-state index >= 15 is 0 Å². The third-order valence-electron chi connectivity index (χ3n) is 3.87. The molecule has 0 saturated carbocycles. The summed E-state index contributed by atoms with van der Waals surface area (Å²) < 4.78 is 5.32. The van der Waals surface area contributed by atoms with Gasteiger partial charge in [0.2, 0.25) is 5.91 Å². The van der Waals surface area contributed by atoms with E-state index in [4.69, 9.17) is 16.3 Å². The Morgan fingerprint density at radius 2 is 2.17 bits per heavy atom. The van der Waals surface area contributed by atoms with Crippen LogP contribution in [-0.2, 0) is 4.79 Å². The van der Waals surface area contributed by atoms with Gasteiger partial charge in [-0.15, -0.1) is 0 Å². The molecule has 1 aliphatic heterocycles. The van der Waals surface area contributed by atoms with Gasteiger partial charge in [-0.3, -0.25) is 4.79 Å². The summed E-state index contributed by atoms with van der Waals surface area (Å²) in [6, 6.07) is 4.41. The number of anilines is 1. The molecular weight excluding hydrogens is 318 g/mol. The molecule has 3 amide bonds. The van der Waals surface area contributed by atoms with Gasteiger partial charge >= 0.3 is 6.03 Å². The van der Waals surface area contributed by atoms with Crippen LogP contribution in [0.4, 0.5) is 10.5 Å². The number of nitrogens with zero attached hydrogens (tertiary/aromatic N) is 2. The molecule has 1 saturated heterocycles. The minimum atomic E-state index is -0.538. The lowest BCUT2D eigenvalue weighted by atomic mass is 10.1. The summed E-state index contributed by atoms with van der Waals surface area (Å²) in [5, 5.41) is 3.34. The monoisotopic (exact) mass is 339 g/mol. The van der Waals surface area contributed by atoms with Gasteiger partial charge in [0.05, 0.1) is 12.8 Å². The van der Waals surface area contributed by atoms with Gasteiger partial charge in [-0.1, -0.05) is 18.5 Å². The molecule has 1 heterocycles. The molecule has 2 rings (SSSR count). The van der Waals surface area contributed by atoms with E-state index in [0.717, 1.165) is 6.42 Å². The molecule has 0 aliphatic carbocycles. The second-order valence-electron chi connectivity index (χ2n) is 5.41. The quantitative estimate of drug-likeness (QED) is 0.916. The van der Waals surface area contributed by atoms with Crippen LogP contribution in [0.5, 0.6) is 5.75 Å². The zero-order chi connectivity index (χ0) is 17.0. The Labute approximate surface area is 141 Å². The lowest BCUT2D eigenvalue weighted by Crippen LogP contribution is -2.59. The topological polar surface area (TPSA) is 61.9 Å². The number of nitrogens with one attached hydrogen (secondary N) is 1. The molecule has 6 nitrogen and oxygen atoms in total. The molecule has 23 heavy (non-hydrogen) atoms. The summed E-state index contributed by atoms with van der Waals surface area (Å²) in [5.74, 6) is 0.433. The fraction of sp³-hybridized carbons (Fsp3) is 0.500. The number of urea groups is 1. The highest BCUT2D eigenvalue weighted by atomic mass is 35.5. The zero-order valence-electron chi connectivity index (χ0n) is 13.6. The summed E-state index contributed by atoms with van der Waals surface area (Å²) >= 11 is 6.05. The number of hydrogen-bond donors (Lipinski definition) is 1. The highest BCUT2D eigenvalue weighted by molar-refractivity contribution is 6.31. The van der Waals surface area contributed by atoms with Crippen molar-refractivity contribution in [3.8, 4) is 5.75 Å². The molecule has 1 N–H and O–H groups in total. The Bertz CT molecular complexity index is 594. The Kier molecular flexibility index (Phi) is 5.71. The second kappa shape index (κ2) is 7.55. The third-order valence-corrected chi connectivity index (χ3v) is 4.11. The van der Waals surface area contributed by atoms with Crippen LogP contribution >= 0.6 is 11.6 Å². The zero-order valence-corrected chi connectivity index (χ0v) is 14.4. The predicted molar refractivity (Wildman–Crippen MR) is 90.2 cm³/mol. The van der Waals surface area contributed by atoms with E-state index in [1.165, 1.54) is 0 Å². The van der Waals surface area contributed by atoms with Gasteiger partial charge in [-0.2, -0.15) is 0 Å². The minimum Gasteiger partial charge on any atom is -0.495 e. The number of methoxy groups -OCH3 is 1. The molecule has 7 heteroatoms. The maximum Gasteiger partial charge on any atom is 0.318 e. The smallest absolute Gasteiger partial charge is 0.318 e. The normalized spacial score (nSPS) is 18.1. The molecule has 1 fully saturated rings. The Morgan fingerprint density at radius 1 is 1.43 bits per heavy atom. The van der Waals surface area contributed by atoms with E-state index in [0.29, 0.717) is 36.1 Å². The van der Waals surface area contributed by atoms with Crippen molar-refractivity contribution in [3.05, 3.63) is 23.2 Å². The molecule has 0 radical (unpaired) electrons. The van der Waals surface area contributed by atoms with E-state index in [1.54, 1.807) is 42.0 Å². The number of hydrogen-bond acceptors (Lipinski definition) is 3. The van der Waals surface area contributed by atoms with Crippen molar-refractivity contribution in [2.75, 3.05) is 31.6 Å². The summed E-state index contributed by atoms with van der Waals surface area (Å²) in [4.78, 5) is 28.0. The average molecular weight is 340 g/mol. The summed E-state index contributed by atoms with van der Waals surface area (Å²) in [7, 11) is 1.55. The van der Waals surface area contributed by atoms with E-state index in [-0.39, 0.29) is 11.9 Å². The average Bonchev–Trinajstić information content (AvgIpc) is 2.55. The molecule has 1 atom stereocenters. The number of halogens is 1. The van der Waals surface area contributed by atoms with E-state index in [1.807, 2.05) is 6.92 Å². The van der Waals surface area contributed by atoms with Crippen LogP contribution in [0.25, 0.3) is 0 Å². The Balaban J connectivity index is 2.19. The summed E-state index contributed by atoms with van der Waals surface area (Å²) in [6.07, 6.45) is 0.855. The van der Waals surface area contributed by atoms with Gasteiger partial charge in [0.1, 0.15) is 11.8 Å². The lowest BCUT2D eigenvalue weighted by molar-refractivity contribution is -0.124. The van der Waals surface area contributed by atoms with Crippen molar-refractivity contribution < 1.29 is 14.3 Å². The molecule has 1 aliphatic rings. The molecule has 1 aromatic carbocycles. The number of ether oxygens (including phenoxy) is 1. The van der Waals surface area contributed by atoms with Crippen LogP contribution in [0.3, 0.4) is 0 Å². The first-order valence-corrected chi connectivity index (χ1v) is 8.06. The molecule has 0 bridgehead atoms. The van der Waals surface area contributed by atoms with Gasteiger partial charge in [-0.25, -0.2) is 4.79 Å². The summed E-state index contributed by atoms with van der Waals surface area (Å²) in [6.45, 7) is 5.18. The minimum absolute atomic E-state index is 0.150. The second-order valence-corrected chi connectivity index (χ2v) is 5.84. The highest BCUT2D eigenvalue weighted by Gasteiger charge is 2.35. The first kappa shape index (κ1) is 17.4. The van der Waals surface area contributed by atoms with Gasteiger partial charge in [0.25, 0.3) is 0 Å². The van der Waals surface area contributed by atoms with Crippen molar-refractivity contribution in [2.45, 2.75) is 26.3 Å². The van der Waals surface area contributed by atoms with Crippen LogP contribution in [0, 0.1) is 0 Å². The Morgan fingerprint density at radius 3 is 2.83 bits per heavy atom. The fourth-order valence-electron chi connectivity index (χ4n) is 2.59. The fourth-order valence-corrected chi connectivity index (χ4v) is 2.76. The van der Waals surface area contributed by atoms with Gasteiger partial charge in [0, 0.05) is 24.7 Å². The molecular formula is C16H22ClN3O3. The van der Waals surface area contributed by atoms with Gasteiger partial charge < -0.3 is 19.9 Å². The number of rotatable bonds is 4. The van der Waals surface area contributed by atoms with Crippen molar-refractivity contribution in [1.82, 2.24) is 10.2 Å². The van der Waals surface area contributed by atoms with Crippen LogP contribution in [0.2, 0.25) is 5.02 Å². The van der Waals surface area contributed by atoms with Crippen LogP contribution in [0.1, 0.15) is 20.3 Å². The summed E-state index contributed by atoms with van der Waals surface area (Å²) in [5.41, 5.74) is 0.630. The standard InChI is InChI=1S/C16H22ClN3O3/c1-4-7-18-16(22)19-8-9-20(15(21)11(19)2)13-10-12(17)5-6-14(13)23-3/h5-6,10-11H,4,7-9H2,1-3H3,(H,18,22). The van der Waals surface area contributed by atoms with E-state index in [9.17, 15) is 9.59 Å². The first-order chi connectivity index (χ1) is 11.0. The van der Waals surface area contributed by atoms with Gasteiger partial charge in [0.15, 0.2) is 0 Å². The molecule has 0 aromatic heterocycles. The maximum atomic E-state index is 12.7. The first-order valence-electron chi connectivity index (χ1n) is 7.69. The number of piperazine rings is 1. The van der Waals surface area contributed by atoms with Gasteiger partial charge in [-0.05, 0) is 31.5 Å². The van der Waals surface area contributed by atoms with Crippen LogP contribution < -0.4 is 15.0 Å². The van der Waals surface area contributed by atoms with Crippen molar-refractivity contribution >= 4 is 29.2 Å². The molecule has 1 aromatic rings. The molecule has 1 unspecified atom stereocenters.